The molecule has 27 heavy (non-hydrogen) atoms. The van der Waals surface area contributed by atoms with Gasteiger partial charge in [0, 0.05) is 5.56 Å². The highest BCUT2D eigenvalue weighted by atomic mass is 19.1. The molecule has 0 saturated heterocycles. The number of hydrogen-bond acceptors (Lipinski definition) is 7. The van der Waals surface area contributed by atoms with Gasteiger partial charge >= 0.3 is 0 Å². The van der Waals surface area contributed by atoms with Crippen LogP contribution < -0.4 is 10.1 Å². The van der Waals surface area contributed by atoms with Crippen molar-refractivity contribution in [2.45, 2.75) is 6.54 Å². The Bertz CT molecular complexity index is 1010. The van der Waals surface area contributed by atoms with E-state index in [2.05, 4.69) is 20.7 Å². The Kier molecular flexibility index (Phi) is 5.01. The van der Waals surface area contributed by atoms with Crippen LogP contribution in [0, 0.1) is 15.9 Å². The van der Waals surface area contributed by atoms with Crippen LogP contribution in [0.3, 0.4) is 0 Å². The van der Waals surface area contributed by atoms with Crippen molar-refractivity contribution < 1.29 is 18.8 Å². The van der Waals surface area contributed by atoms with Crippen LogP contribution in [0.2, 0.25) is 0 Å². The molecular weight excluding hydrogens is 359 g/mol. The predicted octanol–water partition coefficient (Wildman–Crippen LogP) is 2.03. The molecule has 138 valence electrons. The summed E-state index contributed by atoms with van der Waals surface area (Å²) in [6, 6.07) is 9.67. The van der Waals surface area contributed by atoms with E-state index >= 15 is 0 Å². The minimum Gasteiger partial charge on any atom is -0.496 e. The largest absolute Gasteiger partial charge is 0.496 e. The lowest BCUT2D eigenvalue weighted by Gasteiger charge is -2.07. The molecule has 0 aliphatic heterocycles. The monoisotopic (exact) mass is 372 g/mol. The molecule has 0 bridgehead atoms. The number of anilines is 1. The van der Waals surface area contributed by atoms with Crippen molar-refractivity contribution in [3.05, 3.63) is 58.4 Å². The summed E-state index contributed by atoms with van der Waals surface area (Å²) in [5, 5.41) is 25.1. The van der Waals surface area contributed by atoms with Gasteiger partial charge in [0.2, 0.25) is 11.7 Å². The molecule has 0 spiro atoms. The third-order valence-electron chi connectivity index (χ3n) is 3.50. The molecule has 1 N–H and O–H groups in total. The van der Waals surface area contributed by atoms with Crippen LogP contribution in [0.25, 0.3) is 11.4 Å². The van der Waals surface area contributed by atoms with Gasteiger partial charge in [-0.2, -0.15) is 4.80 Å². The Labute approximate surface area is 151 Å². The van der Waals surface area contributed by atoms with Gasteiger partial charge in [-0.25, -0.2) is 4.39 Å². The summed E-state index contributed by atoms with van der Waals surface area (Å²) in [4.78, 5) is 23.7. The summed E-state index contributed by atoms with van der Waals surface area (Å²) >= 11 is 0. The number of nitrogens with one attached hydrogen (secondary N) is 1. The first-order valence-corrected chi connectivity index (χ1v) is 7.62. The van der Waals surface area contributed by atoms with Crippen LogP contribution in [0.4, 0.5) is 15.8 Å². The van der Waals surface area contributed by atoms with Gasteiger partial charge in [0.05, 0.1) is 18.1 Å². The molecule has 0 radical (unpaired) electrons. The van der Waals surface area contributed by atoms with E-state index in [4.69, 9.17) is 4.74 Å². The third-order valence-corrected chi connectivity index (χ3v) is 3.50. The molecule has 1 aromatic heterocycles. The van der Waals surface area contributed by atoms with Crippen LogP contribution >= 0.6 is 0 Å². The molecule has 3 rings (SSSR count). The summed E-state index contributed by atoms with van der Waals surface area (Å²) < 4.78 is 18.2. The maximum Gasteiger partial charge on any atom is 0.296 e. The van der Waals surface area contributed by atoms with E-state index in [1.807, 2.05) is 0 Å². The molecule has 0 saturated carbocycles. The topological polar surface area (TPSA) is 125 Å². The maximum atomic E-state index is 13.3. The van der Waals surface area contributed by atoms with Crippen molar-refractivity contribution in [3.63, 3.8) is 0 Å². The minimum absolute atomic E-state index is 0.0104. The van der Waals surface area contributed by atoms with Crippen molar-refractivity contribution in [2.75, 3.05) is 12.4 Å². The number of hydrogen-bond donors (Lipinski definition) is 1. The van der Waals surface area contributed by atoms with Crippen LogP contribution in [0.15, 0.2) is 42.5 Å². The Morgan fingerprint density at radius 1 is 1.33 bits per heavy atom. The first-order chi connectivity index (χ1) is 13.0. The molecule has 0 atom stereocenters. The molecule has 0 aliphatic rings. The maximum absolute atomic E-state index is 13.3. The Balaban J connectivity index is 1.73. The summed E-state index contributed by atoms with van der Waals surface area (Å²) in [5.41, 5.74) is 0.110. The van der Waals surface area contributed by atoms with Gasteiger partial charge in [-0.15, -0.1) is 10.2 Å². The normalized spacial score (nSPS) is 10.4. The van der Waals surface area contributed by atoms with Gasteiger partial charge in [0.1, 0.15) is 23.8 Å². The summed E-state index contributed by atoms with van der Waals surface area (Å²) in [6.45, 7) is -0.328. The zero-order valence-corrected chi connectivity index (χ0v) is 14.0. The van der Waals surface area contributed by atoms with E-state index in [9.17, 15) is 19.3 Å². The average Bonchev–Trinajstić information content (AvgIpc) is 3.10. The van der Waals surface area contributed by atoms with E-state index in [0.29, 0.717) is 5.56 Å². The summed E-state index contributed by atoms with van der Waals surface area (Å²) in [5.74, 6) is -0.602. The molecule has 10 nitrogen and oxygen atoms in total. The second-order valence-corrected chi connectivity index (χ2v) is 5.34. The average molecular weight is 372 g/mol. The Morgan fingerprint density at radius 2 is 2.15 bits per heavy atom. The number of rotatable bonds is 6. The SMILES string of the molecule is COc1ccc(NC(=O)Cn2nnc(-c3cccc(F)c3)n2)c([N+](=O)[O-])c1. The second kappa shape index (κ2) is 7.56. The molecule has 0 fully saturated rings. The van der Waals surface area contributed by atoms with Crippen molar-refractivity contribution >= 4 is 17.3 Å². The van der Waals surface area contributed by atoms with E-state index in [1.165, 1.54) is 43.5 Å². The highest BCUT2D eigenvalue weighted by Gasteiger charge is 2.18. The van der Waals surface area contributed by atoms with Gasteiger partial charge < -0.3 is 10.1 Å². The quantitative estimate of drug-likeness (QED) is 0.518. The van der Waals surface area contributed by atoms with E-state index in [1.54, 1.807) is 6.07 Å². The molecule has 2 aromatic carbocycles. The van der Waals surface area contributed by atoms with Gasteiger partial charge in [0.15, 0.2) is 0 Å². The molecule has 3 aromatic rings. The van der Waals surface area contributed by atoms with Gasteiger partial charge in [0.25, 0.3) is 5.69 Å². The lowest BCUT2D eigenvalue weighted by molar-refractivity contribution is -0.384. The number of carbonyl (C=O) groups is 1. The molecule has 11 heteroatoms. The molecule has 1 amide bonds. The summed E-state index contributed by atoms with van der Waals surface area (Å²) in [6.07, 6.45) is 0. The first kappa shape index (κ1) is 17.9. The van der Waals surface area contributed by atoms with Crippen LogP contribution in [-0.4, -0.2) is 38.1 Å². The Morgan fingerprint density at radius 3 is 2.85 bits per heavy atom. The zero-order valence-electron chi connectivity index (χ0n) is 14.0. The van der Waals surface area contributed by atoms with Crippen LogP contribution in [0.1, 0.15) is 0 Å². The van der Waals surface area contributed by atoms with Crippen molar-refractivity contribution in [3.8, 4) is 17.1 Å². The zero-order chi connectivity index (χ0) is 19.4. The number of amides is 1. The standard InChI is InChI=1S/C16H13FN6O4/c1-27-12-5-6-13(14(8-12)23(25)26)18-15(24)9-22-20-16(19-21-22)10-3-2-4-11(17)7-10/h2-8H,9H2,1H3,(H,18,24). The van der Waals surface area contributed by atoms with E-state index in [0.717, 1.165) is 4.80 Å². The number of nitro benzene ring substituents is 1. The predicted molar refractivity (Wildman–Crippen MR) is 91.5 cm³/mol. The number of carbonyl (C=O) groups excluding carboxylic acids is 1. The van der Waals surface area contributed by atoms with Crippen molar-refractivity contribution in [2.24, 2.45) is 0 Å². The molecule has 0 aliphatic carbocycles. The fourth-order valence-corrected chi connectivity index (χ4v) is 2.27. The molecule has 0 unspecified atom stereocenters. The van der Waals surface area contributed by atoms with Crippen molar-refractivity contribution in [1.29, 1.82) is 0 Å². The third kappa shape index (κ3) is 4.21. The van der Waals surface area contributed by atoms with E-state index < -0.39 is 16.6 Å². The van der Waals surface area contributed by atoms with E-state index in [-0.39, 0.29) is 29.5 Å². The number of aromatic nitrogens is 4. The second-order valence-electron chi connectivity index (χ2n) is 5.34. The highest BCUT2D eigenvalue weighted by molar-refractivity contribution is 5.93. The highest BCUT2D eigenvalue weighted by Crippen LogP contribution is 2.28. The first-order valence-electron chi connectivity index (χ1n) is 7.62. The lowest BCUT2D eigenvalue weighted by atomic mass is 10.2. The van der Waals surface area contributed by atoms with Crippen molar-refractivity contribution in [1.82, 2.24) is 20.2 Å². The Hall–Kier alpha value is -3.89. The smallest absolute Gasteiger partial charge is 0.296 e. The van der Waals surface area contributed by atoms with Crippen LogP contribution in [0.5, 0.6) is 5.75 Å². The molecular formula is C16H13FN6O4. The number of nitrogens with zero attached hydrogens (tertiary/aromatic N) is 5. The van der Waals surface area contributed by atoms with Gasteiger partial charge in [-0.05, 0) is 29.5 Å². The fourth-order valence-electron chi connectivity index (χ4n) is 2.27. The minimum atomic E-state index is -0.631. The number of methoxy groups -OCH3 is 1. The fraction of sp³-hybridized carbons (Fsp3) is 0.125. The lowest BCUT2D eigenvalue weighted by Crippen LogP contribution is -2.21. The number of nitro groups is 1. The van der Waals surface area contributed by atoms with Crippen LogP contribution in [-0.2, 0) is 11.3 Å². The number of halogens is 1. The molecule has 1 heterocycles. The number of ether oxygens (including phenoxy) is 1. The number of tetrazole rings is 1. The summed E-state index contributed by atoms with van der Waals surface area (Å²) in [7, 11) is 1.38. The van der Waals surface area contributed by atoms with Gasteiger partial charge in [-0.3, -0.25) is 14.9 Å². The van der Waals surface area contributed by atoms with Gasteiger partial charge in [-0.1, -0.05) is 12.1 Å². The number of benzene rings is 2.